The number of pyridine rings is 1. The largest absolute Gasteiger partial charge is 0.334 e. The molecule has 4 aromatic rings. The summed E-state index contributed by atoms with van der Waals surface area (Å²) < 4.78 is 15.0. The first kappa shape index (κ1) is 21.4. The third-order valence-corrected chi connectivity index (χ3v) is 5.57. The number of aromatic nitrogens is 3. The third-order valence-electron chi connectivity index (χ3n) is 4.77. The van der Waals surface area contributed by atoms with Gasteiger partial charge in [0.05, 0.1) is 17.9 Å². The van der Waals surface area contributed by atoms with E-state index in [1.165, 1.54) is 23.5 Å². The lowest BCUT2D eigenvalue weighted by Gasteiger charge is -2.16. The molecular formula is C22H21FN6O2S. The van der Waals surface area contributed by atoms with E-state index in [-0.39, 0.29) is 24.8 Å². The van der Waals surface area contributed by atoms with E-state index >= 15 is 0 Å². The van der Waals surface area contributed by atoms with Gasteiger partial charge in [-0.05, 0) is 36.8 Å². The van der Waals surface area contributed by atoms with Crippen LogP contribution < -0.4 is 10.6 Å². The number of amides is 3. The van der Waals surface area contributed by atoms with Crippen molar-refractivity contribution < 1.29 is 14.0 Å². The van der Waals surface area contributed by atoms with E-state index in [0.717, 1.165) is 0 Å². The summed E-state index contributed by atoms with van der Waals surface area (Å²) in [5.74, 6) is -0.524. The zero-order chi connectivity index (χ0) is 22.7. The lowest BCUT2D eigenvalue weighted by Crippen LogP contribution is -2.29. The van der Waals surface area contributed by atoms with Gasteiger partial charge in [-0.2, -0.15) is 0 Å². The van der Waals surface area contributed by atoms with Gasteiger partial charge in [0, 0.05) is 25.2 Å². The van der Waals surface area contributed by atoms with Crippen molar-refractivity contribution in [2.24, 2.45) is 0 Å². The monoisotopic (exact) mass is 452 g/mol. The minimum Gasteiger partial charge on any atom is -0.334 e. The molecule has 0 unspecified atom stereocenters. The third kappa shape index (κ3) is 4.75. The molecule has 0 saturated carbocycles. The molecule has 3 heterocycles. The van der Waals surface area contributed by atoms with Crippen molar-refractivity contribution in [2.45, 2.75) is 20.0 Å². The normalized spacial score (nSPS) is 10.8. The summed E-state index contributed by atoms with van der Waals surface area (Å²) in [4.78, 5) is 35.5. The molecule has 0 spiro atoms. The number of fused-ring (bicyclic) bond motifs is 1. The molecule has 0 atom stereocenters. The molecule has 32 heavy (non-hydrogen) atoms. The van der Waals surface area contributed by atoms with Crippen LogP contribution in [0.4, 0.5) is 14.3 Å². The zero-order valence-electron chi connectivity index (χ0n) is 17.5. The SMILES string of the molecule is Cc1nc2ccccn2c1C(=O)N(C)Cc1csc(NC(=O)NCc2cccc(F)c2)n1. The number of carbonyl (C=O) groups is 2. The summed E-state index contributed by atoms with van der Waals surface area (Å²) in [5.41, 5.74) is 3.18. The minimum absolute atomic E-state index is 0.170. The quantitative estimate of drug-likeness (QED) is 0.465. The molecular weight excluding hydrogens is 431 g/mol. The number of nitrogens with zero attached hydrogens (tertiary/aromatic N) is 4. The van der Waals surface area contributed by atoms with Crippen molar-refractivity contribution in [1.29, 1.82) is 0 Å². The predicted octanol–water partition coefficient (Wildman–Crippen LogP) is 3.83. The van der Waals surface area contributed by atoms with Crippen LogP contribution in [0.3, 0.4) is 0 Å². The maximum Gasteiger partial charge on any atom is 0.321 e. The Morgan fingerprint density at radius 1 is 1.19 bits per heavy atom. The number of halogens is 1. The molecule has 0 aliphatic carbocycles. The van der Waals surface area contributed by atoms with Crippen LogP contribution in [-0.2, 0) is 13.1 Å². The number of benzene rings is 1. The van der Waals surface area contributed by atoms with E-state index in [0.29, 0.717) is 33.4 Å². The second-order valence-electron chi connectivity index (χ2n) is 7.22. The lowest BCUT2D eigenvalue weighted by molar-refractivity contribution is 0.0776. The molecule has 3 aromatic heterocycles. The molecule has 0 saturated heterocycles. The highest BCUT2D eigenvalue weighted by molar-refractivity contribution is 7.13. The Morgan fingerprint density at radius 2 is 2.03 bits per heavy atom. The molecule has 8 nitrogen and oxygen atoms in total. The Hall–Kier alpha value is -3.79. The summed E-state index contributed by atoms with van der Waals surface area (Å²) in [5, 5.41) is 7.51. The fraction of sp³-hybridized carbons (Fsp3) is 0.182. The number of imidazole rings is 1. The van der Waals surface area contributed by atoms with Crippen LogP contribution in [0.2, 0.25) is 0 Å². The maximum atomic E-state index is 13.2. The van der Waals surface area contributed by atoms with Gasteiger partial charge in [0.2, 0.25) is 0 Å². The molecule has 0 fully saturated rings. The summed E-state index contributed by atoms with van der Waals surface area (Å²) in [6.07, 6.45) is 1.81. The van der Waals surface area contributed by atoms with Crippen LogP contribution in [0.25, 0.3) is 5.65 Å². The molecule has 3 amide bonds. The van der Waals surface area contributed by atoms with Crippen molar-refractivity contribution in [3.05, 3.63) is 82.5 Å². The Morgan fingerprint density at radius 3 is 2.84 bits per heavy atom. The standard InChI is InChI=1S/C22H21FN6O2S/c1-14-19(29-9-4-3-8-18(29)25-14)20(30)28(2)12-17-13-32-22(26-17)27-21(31)24-11-15-6-5-7-16(23)10-15/h3-10,13H,11-12H2,1-2H3,(H2,24,26,27,31). The Balaban J connectivity index is 1.35. The molecule has 1 aromatic carbocycles. The van der Waals surface area contributed by atoms with Gasteiger partial charge in [-0.3, -0.25) is 14.5 Å². The molecule has 0 radical (unpaired) electrons. The molecule has 0 aliphatic heterocycles. The molecule has 10 heteroatoms. The molecule has 0 aliphatic rings. The van der Waals surface area contributed by atoms with Crippen LogP contribution in [0, 0.1) is 12.7 Å². The molecule has 4 rings (SSSR count). The lowest BCUT2D eigenvalue weighted by atomic mass is 10.2. The van der Waals surface area contributed by atoms with Crippen molar-refractivity contribution >= 4 is 34.1 Å². The van der Waals surface area contributed by atoms with Crippen molar-refractivity contribution in [2.75, 3.05) is 12.4 Å². The van der Waals surface area contributed by atoms with Gasteiger partial charge in [0.1, 0.15) is 17.2 Å². The van der Waals surface area contributed by atoms with E-state index in [1.54, 1.807) is 40.8 Å². The van der Waals surface area contributed by atoms with Crippen LogP contribution in [0.1, 0.15) is 27.4 Å². The van der Waals surface area contributed by atoms with Crippen molar-refractivity contribution in [3.8, 4) is 0 Å². The first-order chi connectivity index (χ1) is 15.4. The minimum atomic E-state index is -0.444. The maximum absolute atomic E-state index is 13.2. The van der Waals surface area contributed by atoms with E-state index in [1.807, 2.05) is 24.4 Å². The first-order valence-electron chi connectivity index (χ1n) is 9.83. The van der Waals surface area contributed by atoms with Crippen LogP contribution >= 0.6 is 11.3 Å². The van der Waals surface area contributed by atoms with Gasteiger partial charge in [0.25, 0.3) is 5.91 Å². The number of carbonyl (C=O) groups excluding carboxylic acids is 2. The highest BCUT2D eigenvalue weighted by atomic mass is 32.1. The summed E-state index contributed by atoms with van der Waals surface area (Å²) in [6.45, 7) is 2.28. The average molecular weight is 453 g/mol. The Kier molecular flexibility index (Phi) is 6.13. The zero-order valence-corrected chi connectivity index (χ0v) is 18.3. The number of thiazole rings is 1. The number of nitrogens with one attached hydrogen (secondary N) is 2. The van der Waals surface area contributed by atoms with Crippen LogP contribution in [0.5, 0.6) is 0 Å². The van der Waals surface area contributed by atoms with Gasteiger partial charge in [-0.15, -0.1) is 11.3 Å². The number of hydrogen-bond donors (Lipinski definition) is 2. The smallest absolute Gasteiger partial charge is 0.321 e. The van der Waals surface area contributed by atoms with E-state index in [9.17, 15) is 14.0 Å². The summed E-state index contributed by atoms with van der Waals surface area (Å²) in [7, 11) is 1.70. The van der Waals surface area contributed by atoms with Crippen LogP contribution in [-0.4, -0.2) is 38.3 Å². The first-order valence-corrected chi connectivity index (χ1v) is 10.7. The molecule has 164 valence electrons. The van der Waals surface area contributed by atoms with Gasteiger partial charge < -0.3 is 10.2 Å². The Labute approximate surface area is 187 Å². The summed E-state index contributed by atoms with van der Waals surface area (Å²) >= 11 is 1.26. The topological polar surface area (TPSA) is 91.6 Å². The Bertz CT molecular complexity index is 1280. The number of hydrogen-bond acceptors (Lipinski definition) is 5. The number of urea groups is 1. The second kappa shape index (κ2) is 9.15. The summed E-state index contributed by atoms with van der Waals surface area (Å²) in [6, 6.07) is 11.1. The fourth-order valence-corrected chi connectivity index (χ4v) is 3.97. The van der Waals surface area contributed by atoms with E-state index in [4.69, 9.17) is 0 Å². The number of aryl methyl sites for hydroxylation is 1. The molecule has 2 N–H and O–H groups in total. The van der Waals surface area contributed by atoms with Crippen LogP contribution in [0.15, 0.2) is 54.0 Å². The number of anilines is 1. The highest BCUT2D eigenvalue weighted by Gasteiger charge is 2.21. The predicted molar refractivity (Wildman–Crippen MR) is 120 cm³/mol. The second-order valence-corrected chi connectivity index (χ2v) is 8.08. The average Bonchev–Trinajstić information content (AvgIpc) is 3.34. The van der Waals surface area contributed by atoms with E-state index in [2.05, 4.69) is 20.6 Å². The van der Waals surface area contributed by atoms with Gasteiger partial charge in [0.15, 0.2) is 5.13 Å². The van der Waals surface area contributed by atoms with Crippen molar-refractivity contribution in [1.82, 2.24) is 24.6 Å². The van der Waals surface area contributed by atoms with Gasteiger partial charge >= 0.3 is 6.03 Å². The van der Waals surface area contributed by atoms with Gasteiger partial charge in [-0.25, -0.2) is 19.2 Å². The fourth-order valence-electron chi connectivity index (χ4n) is 3.27. The van der Waals surface area contributed by atoms with E-state index < -0.39 is 6.03 Å². The highest BCUT2D eigenvalue weighted by Crippen LogP contribution is 2.19. The number of rotatable bonds is 6. The van der Waals surface area contributed by atoms with Gasteiger partial charge in [-0.1, -0.05) is 18.2 Å². The molecule has 0 bridgehead atoms. The van der Waals surface area contributed by atoms with Crippen molar-refractivity contribution in [3.63, 3.8) is 0 Å².